The minimum atomic E-state index is -0.104. The number of carbonyl (C=O) groups is 2. The summed E-state index contributed by atoms with van der Waals surface area (Å²) in [5.41, 5.74) is 6.15. The van der Waals surface area contributed by atoms with E-state index in [2.05, 4.69) is 22.5 Å². The highest BCUT2D eigenvalue weighted by Gasteiger charge is 2.23. The van der Waals surface area contributed by atoms with Gasteiger partial charge in [-0.2, -0.15) is 0 Å². The summed E-state index contributed by atoms with van der Waals surface area (Å²) in [7, 11) is 2.00. The van der Waals surface area contributed by atoms with Crippen LogP contribution in [0.25, 0.3) is 17.0 Å². The lowest BCUT2D eigenvalue weighted by atomic mass is 9.96. The van der Waals surface area contributed by atoms with Crippen LogP contribution in [-0.2, 0) is 23.0 Å². The number of carbonyl (C=O) groups excluding carboxylic acids is 2. The fourth-order valence-electron chi connectivity index (χ4n) is 4.46. The smallest absolute Gasteiger partial charge is 0.254 e. The minimum Gasteiger partial charge on any atom is -0.378 e. The zero-order chi connectivity index (χ0) is 23.7. The van der Waals surface area contributed by atoms with Gasteiger partial charge in [0.2, 0.25) is 5.91 Å². The van der Waals surface area contributed by atoms with Crippen molar-refractivity contribution >= 4 is 46.1 Å². The van der Waals surface area contributed by atoms with Crippen molar-refractivity contribution in [3.63, 3.8) is 0 Å². The molecule has 0 unspecified atom stereocenters. The summed E-state index contributed by atoms with van der Waals surface area (Å²) in [6.07, 6.45) is 2.27. The number of ether oxygens (including phenoxy) is 1. The van der Waals surface area contributed by atoms with Crippen LogP contribution in [0.3, 0.4) is 0 Å². The Kier molecular flexibility index (Phi) is 6.58. The first-order valence-electron chi connectivity index (χ1n) is 11.0. The van der Waals surface area contributed by atoms with E-state index in [0.29, 0.717) is 43.3 Å². The molecule has 33 heavy (non-hydrogen) atoms. The molecule has 2 aromatic carbocycles. The Morgan fingerprint density at radius 2 is 1.94 bits per heavy atom. The molecule has 3 aromatic rings. The highest BCUT2D eigenvalue weighted by molar-refractivity contribution is 6.31. The molecule has 0 atom stereocenters. The van der Waals surface area contributed by atoms with Crippen molar-refractivity contribution in [1.82, 2.24) is 9.47 Å². The number of rotatable bonds is 5. The van der Waals surface area contributed by atoms with Gasteiger partial charge in [-0.1, -0.05) is 24.3 Å². The Labute approximate surface area is 198 Å². The third kappa shape index (κ3) is 4.54. The van der Waals surface area contributed by atoms with Gasteiger partial charge in [-0.3, -0.25) is 9.59 Å². The molecule has 0 radical (unpaired) electrons. The fraction of sp³-hybridized carbons (Fsp3) is 0.308. The SMILES string of the molecule is C=Cc1c(C(=O)N2CCOCC2)ccc(Cl)c1Cc1cc2c(C)cc(NC(C)=O)cc2n1C. The van der Waals surface area contributed by atoms with Gasteiger partial charge in [0, 0.05) is 60.8 Å². The third-order valence-corrected chi connectivity index (χ3v) is 6.53. The molecule has 1 aliphatic rings. The summed E-state index contributed by atoms with van der Waals surface area (Å²) in [5.74, 6) is -0.133. The van der Waals surface area contributed by atoms with Crippen molar-refractivity contribution in [2.24, 2.45) is 7.05 Å². The molecule has 4 rings (SSSR count). The zero-order valence-electron chi connectivity index (χ0n) is 19.2. The largest absolute Gasteiger partial charge is 0.378 e. The molecule has 1 N–H and O–H groups in total. The van der Waals surface area contributed by atoms with Gasteiger partial charge in [0.05, 0.1) is 18.7 Å². The van der Waals surface area contributed by atoms with Crippen LogP contribution in [0.2, 0.25) is 5.02 Å². The molecule has 0 saturated carbocycles. The lowest BCUT2D eigenvalue weighted by Gasteiger charge is -2.28. The van der Waals surface area contributed by atoms with E-state index in [9.17, 15) is 9.59 Å². The van der Waals surface area contributed by atoms with E-state index in [1.54, 1.807) is 18.2 Å². The zero-order valence-corrected chi connectivity index (χ0v) is 20.0. The number of aromatic nitrogens is 1. The van der Waals surface area contributed by atoms with Crippen LogP contribution in [0.4, 0.5) is 5.69 Å². The maximum absolute atomic E-state index is 13.2. The molecule has 2 amide bonds. The van der Waals surface area contributed by atoms with E-state index in [1.807, 2.05) is 31.0 Å². The number of anilines is 1. The fourth-order valence-corrected chi connectivity index (χ4v) is 4.70. The van der Waals surface area contributed by atoms with Crippen molar-refractivity contribution < 1.29 is 14.3 Å². The number of amides is 2. The Bertz CT molecular complexity index is 1260. The van der Waals surface area contributed by atoms with Crippen molar-refractivity contribution in [2.75, 3.05) is 31.6 Å². The van der Waals surface area contributed by atoms with E-state index in [0.717, 1.165) is 39.0 Å². The van der Waals surface area contributed by atoms with Crippen LogP contribution in [0.15, 0.2) is 36.9 Å². The normalized spacial score (nSPS) is 13.9. The summed E-state index contributed by atoms with van der Waals surface area (Å²) >= 11 is 6.64. The maximum Gasteiger partial charge on any atom is 0.254 e. The summed E-state index contributed by atoms with van der Waals surface area (Å²) in [6, 6.07) is 9.66. The molecular weight excluding hydrogens is 438 g/mol. The molecular formula is C26H28ClN3O3. The van der Waals surface area contributed by atoms with Gasteiger partial charge in [0.15, 0.2) is 0 Å². The van der Waals surface area contributed by atoms with Gasteiger partial charge in [0.25, 0.3) is 5.91 Å². The first kappa shape index (κ1) is 23.1. The van der Waals surface area contributed by atoms with E-state index in [-0.39, 0.29) is 11.8 Å². The molecule has 1 aliphatic heterocycles. The highest BCUT2D eigenvalue weighted by Crippen LogP contribution is 2.32. The average molecular weight is 466 g/mol. The number of nitrogens with zero attached hydrogens (tertiary/aromatic N) is 2. The van der Waals surface area contributed by atoms with Crippen LogP contribution < -0.4 is 5.32 Å². The summed E-state index contributed by atoms with van der Waals surface area (Å²) in [6.45, 7) is 9.75. The standard InChI is InChI=1S/C26H28ClN3O3/c1-5-20-21(26(32)30-8-10-33-11-9-30)6-7-24(27)23(20)15-19-14-22-16(2)12-18(28-17(3)31)13-25(22)29(19)4/h5-7,12-14H,1,8-11,15H2,2-4H3,(H,28,31). The number of morpholine rings is 1. The van der Waals surface area contributed by atoms with Gasteiger partial charge in [0.1, 0.15) is 0 Å². The number of halogens is 1. The van der Waals surface area contributed by atoms with Gasteiger partial charge in [-0.15, -0.1) is 0 Å². The lowest BCUT2D eigenvalue weighted by Crippen LogP contribution is -2.41. The number of hydrogen-bond acceptors (Lipinski definition) is 3. The molecule has 6 nitrogen and oxygen atoms in total. The van der Waals surface area contributed by atoms with Crippen molar-refractivity contribution in [3.05, 3.63) is 69.9 Å². The van der Waals surface area contributed by atoms with Crippen LogP contribution in [0.1, 0.15) is 39.7 Å². The molecule has 7 heteroatoms. The number of fused-ring (bicyclic) bond motifs is 1. The molecule has 0 bridgehead atoms. The Morgan fingerprint density at radius 3 is 2.61 bits per heavy atom. The molecule has 2 heterocycles. The van der Waals surface area contributed by atoms with Crippen LogP contribution in [0.5, 0.6) is 0 Å². The van der Waals surface area contributed by atoms with Crippen LogP contribution in [0, 0.1) is 6.92 Å². The summed E-state index contributed by atoms with van der Waals surface area (Å²) < 4.78 is 7.49. The first-order chi connectivity index (χ1) is 15.8. The van der Waals surface area contributed by atoms with Gasteiger partial charge < -0.3 is 19.5 Å². The van der Waals surface area contributed by atoms with Gasteiger partial charge in [-0.25, -0.2) is 0 Å². The number of aryl methyl sites for hydroxylation is 2. The topological polar surface area (TPSA) is 63.6 Å². The van der Waals surface area contributed by atoms with E-state index >= 15 is 0 Å². The van der Waals surface area contributed by atoms with Gasteiger partial charge in [-0.05, 0) is 53.9 Å². The summed E-state index contributed by atoms with van der Waals surface area (Å²) in [4.78, 5) is 26.5. The van der Waals surface area contributed by atoms with E-state index < -0.39 is 0 Å². The molecule has 0 spiro atoms. The third-order valence-electron chi connectivity index (χ3n) is 6.18. The number of nitrogens with one attached hydrogen (secondary N) is 1. The number of benzene rings is 2. The Balaban J connectivity index is 1.75. The average Bonchev–Trinajstić information content (AvgIpc) is 3.10. The predicted molar refractivity (Wildman–Crippen MR) is 133 cm³/mol. The second kappa shape index (κ2) is 9.41. The van der Waals surface area contributed by atoms with Crippen molar-refractivity contribution in [3.8, 4) is 0 Å². The van der Waals surface area contributed by atoms with Crippen molar-refractivity contribution in [1.29, 1.82) is 0 Å². The van der Waals surface area contributed by atoms with Crippen LogP contribution >= 0.6 is 11.6 Å². The first-order valence-corrected chi connectivity index (χ1v) is 11.3. The molecule has 1 saturated heterocycles. The molecule has 1 aromatic heterocycles. The lowest BCUT2D eigenvalue weighted by molar-refractivity contribution is -0.114. The Morgan fingerprint density at radius 1 is 1.21 bits per heavy atom. The quantitative estimate of drug-likeness (QED) is 0.588. The maximum atomic E-state index is 13.2. The second-order valence-corrected chi connectivity index (χ2v) is 8.78. The Hall–Kier alpha value is -3.09. The number of hydrogen-bond donors (Lipinski definition) is 1. The highest BCUT2D eigenvalue weighted by atomic mass is 35.5. The minimum absolute atomic E-state index is 0.0287. The monoisotopic (exact) mass is 465 g/mol. The second-order valence-electron chi connectivity index (χ2n) is 8.37. The van der Waals surface area contributed by atoms with Crippen molar-refractivity contribution in [2.45, 2.75) is 20.3 Å². The molecule has 0 aliphatic carbocycles. The van der Waals surface area contributed by atoms with Gasteiger partial charge >= 0.3 is 0 Å². The molecule has 1 fully saturated rings. The molecule has 172 valence electrons. The predicted octanol–water partition coefficient (Wildman–Crippen LogP) is 4.80. The van der Waals surface area contributed by atoms with E-state index in [1.165, 1.54) is 6.92 Å². The van der Waals surface area contributed by atoms with Crippen LogP contribution in [-0.4, -0.2) is 47.6 Å². The van der Waals surface area contributed by atoms with E-state index in [4.69, 9.17) is 16.3 Å². The summed E-state index contributed by atoms with van der Waals surface area (Å²) in [5, 5.41) is 4.58.